The average molecular weight is 467 g/mol. The van der Waals surface area contributed by atoms with E-state index in [1.54, 1.807) is 23.7 Å². The minimum atomic E-state index is -0.509. The Morgan fingerprint density at radius 2 is 1.97 bits per heavy atom. The lowest BCUT2D eigenvalue weighted by Crippen LogP contribution is -2.58. The summed E-state index contributed by atoms with van der Waals surface area (Å²) in [7, 11) is 1.70. The van der Waals surface area contributed by atoms with Crippen LogP contribution in [0.1, 0.15) is 26.3 Å². The van der Waals surface area contributed by atoms with Gasteiger partial charge in [0.1, 0.15) is 10.7 Å². The van der Waals surface area contributed by atoms with Crippen molar-refractivity contribution >= 4 is 16.8 Å². The fourth-order valence-electron chi connectivity index (χ4n) is 3.86. The number of rotatable bonds is 6. The largest absolute Gasteiger partial charge is 0.375 e. The van der Waals surface area contributed by atoms with Crippen molar-refractivity contribution in [2.24, 2.45) is 12.0 Å². The summed E-state index contributed by atoms with van der Waals surface area (Å²) in [6.07, 6.45) is 0. The van der Waals surface area contributed by atoms with Crippen molar-refractivity contribution in [3.05, 3.63) is 80.7 Å². The fraction of sp³-hybridized carbons (Fsp3) is 0.333. The molecule has 3 aromatic rings. The molecule has 0 amide bonds. The molecule has 1 aliphatic rings. The first-order valence-corrected chi connectivity index (χ1v) is 11.8. The summed E-state index contributed by atoms with van der Waals surface area (Å²) >= 11 is 1.51. The molecular formula is C24H27FN6OS. The predicted octanol–water partition coefficient (Wildman–Crippen LogP) is 1.89. The summed E-state index contributed by atoms with van der Waals surface area (Å²) in [5.41, 5.74) is 2.53. The van der Waals surface area contributed by atoms with Gasteiger partial charge in [0.05, 0.1) is 22.8 Å². The highest BCUT2D eigenvalue weighted by atomic mass is 32.2. The summed E-state index contributed by atoms with van der Waals surface area (Å²) in [4.78, 5) is 21.7. The van der Waals surface area contributed by atoms with Crippen molar-refractivity contribution in [2.75, 3.05) is 5.75 Å². The Bertz CT molecular complexity index is 1440. The number of benzene rings is 1. The van der Waals surface area contributed by atoms with Crippen LogP contribution in [0.4, 0.5) is 4.39 Å². The molecule has 0 bridgehead atoms. The number of thioether (sulfide) groups is 1. The summed E-state index contributed by atoms with van der Waals surface area (Å²) in [6, 6.07) is 12.4. The Morgan fingerprint density at radius 3 is 2.64 bits per heavy atom. The number of nitrogens with zero attached hydrogens (tertiary/aromatic N) is 4. The van der Waals surface area contributed by atoms with Gasteiger partial charge in [0.25, 0.3) is 5.56 Å². The second-order valence-corrected chi connectivity index (χ2v) is 9.83. The second-order valence-electron chi connectivity index (χ2n) is 8.56. The number of nitrogens with one attached hydrogen (secondary N) is 2. The standard InChI is InChI=1S/C24H27FN6OS/c1-5-33-21(19-20(26)31-14-24(2,3)29-23(31)30(4)22(19)32)27-13-15-9-11-16(12-10-15)17-7-6-8-18(25)28-17/h6-12,26-27H,5,13-14H2,1-4H3/b21-19-,26-20?. The lowest BCUT2D eigenvalue weighted by atomic mass is 10.1. The number of pyridine rings is 1. The van der Waals surface area contributed by atoms with Crippen molar-refractivity contribution in [1.82, 2.24) is 19.4 Å². The zero-order chi connectivity index (χ0) is 23.8. The third-order valence-electron chi connectivity index (χ3n) is 5.45. The minimum Gasteiger partial charge on any atom is -0.375 e. The van der Waals surface area contributed by atoms with Crippen LogP contribution in [0.2, 0.25) is 0 Å². The lowest BCUT2D eigenvalue weighted by molar-refractivity contribution is 0.466. The molecule has 172 valence electrons. The Hall–Kier alpha value is -3.20. The third-order valence-corrected chi connectivity index (χ3v) is 6.37. The Labute approximate surface area is 195 Å². The van der Waals surface area contributed by atoms with Gasteiger partial charge >= 0.3 is 0 Å². The van der Waals surface area contributed by atoms with Crippen LogP contribution in [0.3, 0.4) is 0 Å². The summed E-state index contributed by atoms with van der Waals surface area (Å²) in [5.74, 6) is 0.248. The van der Waals surface area contributed by atoms with Gasteiger partial charge < -0.3 is 5.32 Å². The second kappa shape index (κ2) is 8.97. The van der Waals surface area contributed by atoms with E-state index in [1.165, 1.54) is 22.4 Å². The highest BCUT2D eigenvalue weighted by Crippen LogP contribution is 2.19. The Morgan fingerprint density at radius 1 is 1.24 bits per heavy atom. The molecule has 0 unspecified atom stereocenters. The molecule has 0 radical (unpaired) electrons. The van der Waals surface area contributed by atoms with E-state index >= 15 is 0 Å². The molecule has 2 aromatic heterocycles. The zero-order valence-corrected chi connectivity index (χ0v) is 20.0. The van der Waals surface area contributed by atoms with E-state index in [-0.39, 0.29) is 16.6 Å². The van der Waals surface area contributed by atoms with E-state index in [0.29, 0.717) is 34.6 Å². The first-order chi connectivity index (χ1) is 15.7. The van der Waals surface area contributed by atoms with Gasteiger partial charge in [0.2, 0.25) is 11.6 Å². The molecule has 0 atom stereocenters. The zero-order valence-electron chi connectivity index (χ0n) is 19.1. The van der Waals surface area contributed by atoms with Crippen molar-refractivity contribution < 1.29 is 4.39 Å². The molecule has 1 aromatic carbocycles. The Kier molecular flexibility index (Phi) is 6.25. The van der Waals surface area contributed by atoms with Gasteiger partial charge in [-0.1, -0.05) is 37.3 Å². The number of fused-ring (bicyclic) bond motifs is 1. The van der Waals surface area contributed by atoms with Crippen molar-refractivity contribution in [3.8, 4) is 11.3 Å². The number of hydrogen-bond donors (Lipinski definition) is 2. The number of aromatic nitrogens is 3. The van der Waals surface area contributed by atoms with E-state index in [9.17, 15) is 9.18 Å². The SMILES string of the molecule is CCS/C(NCc1ccc(-c2cccc(F)n2)cc1)=c1\c(=O)n(C)c2n(c1=N)CC(C)(C)N=2. The fourth-order valence-corrected chi connectivity index (χ4v) is 4.65. The molecule has 0 saturated carbocycles. The van der Waals surface area contributed by atoms with Gasteiger partial charge in [-0.2, -0.15) is 4.39 Å². The normalized spacial score (nSPS) is 15.1. The molecule has 0 fully saturated rings. The molecule has 33 heavy (non-hydrogen) atoms. The van der Waals surface area contributed by atoms with E-state index in [2.05, 4.69) is 15.3 Å². The van der Waals surface area contributed by atoms with Crippen LogP contribution in [0.25, 0.3) is 16.3 Å². The molecule has 2 N–H and O–H groups in total. The maximum absolute atomic E-state index is 13.4. The van der Waals surface area contributed by atoms with Crippen LogP contribution in [0, 0.1) is 11.4 Å². The molecule has 7 nitrogen and oxygen atoms in total. The third kappa shape index (κ3) is 4.64. The summed E-state index contributed by atoms with van der Waals surface area (Å²) in [6.45, 7) is 7.05. The van der Waals surface area contributed by atoms with Gasteiger partial charge in [-0.3, -0.25) is 19.3 Å². The van der Waals surface area contributed by atoms with E-state index < -0.39 is 5.95 Å². The smallest absolute Gasteiger partial charge is 0.266 e. The van der Waals surface area contributed by atoms with E-state index in [0.717, 1.165) is 16.9 Å². The monoisotopic (exact) mass is 466 g/mol. The van der Waals surface area contributed by atoms with Crippen LogP contribution in [0.5, 0.6) is 0 Å². The maximum Gasteiger partial charge on any atom is 0.266 e. The number of hydrogen-bond acceptors (Lipinski definition) is 6. The van der Waals surface area contributed by atoms with Gasteiger partial charge in [-0.05, 0) is 37.3 Å². The van der Waals surface area contributed by atoms with Crippen molar-refractivity contribution in [2.45, 2.75) is 39.4 Å². The first kappa shape index (κ1) is 23.0. The maximum atomic E-state index is 13.4. The van der Waals surface area contributed by atoms with Gasteiger partial charge in [-0.15, -0.1) is 11.8 Å². The lowest BCUT2D eigenvalue weighted by Gasteiger charge is -2.14. The molecule has 1 aliphatic heterocycles. The first-order valence-electron chi connectivity index (χ1n) is 10.8. The highest BCUT2D eigenvalue weighted by molar-refractivity contribution is 8.07. The molecule has 0 saturated heterocycles. The van der Waals surface area contributed by atoms with Gasteiger partial charge in [0, 0.05) is 19.2 Å². The van der Waals surface area contributed by atoms with Crippen LogP contribution < -0.4 is 27.2 Å². The average Bonchev–Trinajstić information content (AvgIpc) is 3.12. The van der Waals surface area contributed by atoms with Crippen LogP contribution >= 0.6 is 11.8 Å². The van der Waals surface area contributed by atoms with Crippen LogP contribution in [-0.2, 0) is 20.1 Å². The predicted molar refractivity (Wildman–Crippen MR) is 128 cm³/mol. The van der Waals surface area contributed by atoms with Crippen molar-refractivity contribution in [3.63, 3.8) is 0 Å². The Balaban J connectivity index is 1.68. The molecule has 3 heterocycles. The van der Waals surface area contributed by atoms with Crippen molar-refractivity contribution in [1.29, 1.82) is 5.41 Å². The molecule has 0 aliphatic carbocycles. The quantitative estimate of drug-likeness (QED) is 0.543. The van der Waals surface area contributed by atoms with Gasteiger partial charge in [0.15, 0.2) is 0 Å². The molecule has 9 heteroatoms. The van der Waals surface area contributed by atoms with Crippen LogP contribution in [0.15, 0.2) is 52.3 Å². The summed E-state index contributed by atoms with van der Waals surface area (Å²) < 4.78 is 16.7. The molecule has 4 rings (SSSR count). The van der Waals surface area contributed by atoms with Gasteiger partial charge in [-0.25, -0.2) is 9.98 Å². The highest BCUT2D eigenvalue weighted by Gasteiger charge is 2.26. The van der Waals surface area contributed by atoms with Crippen LogP contribution in [-0.4, -0.2) is 25.4 Å². The van der Waals surface area contributed by atoms with E-state index in [1.807, 2.05) is 45.0 Å². The topological polar surface area (TPSA) is 88.1 Å². The molecular weight excluding hydrogens is 439 g/mol. The van der Waals surface area contributed by atoms with E-state index in [4.69, 9.17) is 5.41 Å². The summed E-state index contributed by atoms with van der Waals surface area (Å²) in [5, 5.41) is 13.2. The minimum absolute atomic E-state index is 0.179. The molecule has 0 spiro atoms. The number of halogens is 1.